The van der Waals surface area contributed by atoms with Gasteiger partial charge in [0.2, 0.25) is 5.91 Å². The van der Waals surface area contributed by atoms with Gasteiger partial charge in [-0.1, -0.05) is 41.9 Å². The summed E-state index contributed by atoms with van der Waals surface area (Å²) in [5.74, 6) is 1.28. The number of carbonyl (C=O) groups excluding carboxylic acids is 1. The third-order valence-corrected chi connectivity index (χ3v) is 3.65. The number of hydrogen-bond acceptors (Lipinski definition) is 2. The summed E-state index contributed by atoms with van der Waals surface area (Å²) in [7, 11) is 0. The highest BCUT2D eigenvalue weighted by Crippen LogP contribution is 2.22. The highest BCUT2D eigenvalue weighted by atomic mass is 35.5. The average molecular weight is 350 g/mol. The molecular weight excluding hydrogens is 334 g/mol. The van der Waals surface area contributed by atoms with Crippen molar-refractivity contribution in [3.8, 4) is 11.5 Å². The summed E-state index contributed by atoms with van der Waals surface area (Å²) < 4.78 is 5.72. The van der Waals surface area contributed by atoms with E-state index < -0.39 is 0 Å². The van der Waals surface area contributed by atoms with E-state index in [1.807, 2.05) is 54.6 Å². The molecule has 0 radical (unpaired) electrons. The van der Waals surface area contributed by atoms with E-state index in [0.717, 1.165) is 11.3 Å². The molecule has 0 aliphatic heterocycles. The lowest BCUT2D eigenvalue weighted by Crippen LogP contribution is -2.07. The number of anilines is 1. The summed E-state index contributed by atoms with van der Waals surface area (Å²) in [5, 5.41) is 3.47. The van der Waals surface area contributed by atoms with Crippen molar-refractivity contribution < 1.29 is 9.53 Å². The van der Waals surface area contributed by atoms with Gasteiger partial charge in [0, 0.05) is 16.8 Å². The SMILES string of the molecule is O=C(C=Cc1ccc(Cl)cc1)Nc1ccc(Oc2ccccc2)cc1. The zero-order valence-electron chi connectivity index (χ0n) is 13.4. The first-order chi connectivity index (χ1) is 12.2. The maximum atomic E-state index is 12.0. The fourth-order valence-electron chi connectivity index (χ4n) is 2.16. The molecule has 0 saturated heterocycles. The van der Waals surface area contributed by atoms with Crippen LogP contribution >= 0.6 is 11.6 Å². The molecule has 0 unspecified atom stereocenters. The van der Waals surface area contributed by atoms with Crippen molar-refractivity contribution in [3.05, 3.63) is 95.5 Å². The highest BCUT2D eigenvalue weighted by Gasteiger charge is 2.00. The van der Waals surface area contributed by atoms with Crippen LogP contribution in [0.25, 0.3) is 6.08 Å². The van der Waals surface area contributed by atoms with Crippen LogP contribution in [0.4, 0.5) is 5.69 Å². The summed E-state index contributed by atoms with van der Waals surface area (Å²) in [6, 6.07) is 24.0. The summed E-state index contributed by atoms with van der Waals surface area (Å²) in [6.45, 7) is 0. The molecule has 3 aromatic rings. The molecule has 0 saturated carbocycles. The molecule has 3 nitrogen and oxygen atoms in total. The highest BCUT2D eigenvalue weighted by molar-refractivity contribution is 6.30. The number of amides is 1. The van der Waals surface area contributed by atoms with Gasteiger partial charge in [-0.25, -0.2) is 0 Å². The van der Waals surface area contributed by atoms with Gasteiger partial charge in [-0.2, -0.15) is 0 Å². The van der Waals surface area contributed by atoms with Crippen LogP contribution in [0, 0.1) is 0 Å². The minimum absolute atomic E-state index is 0.202. The largest absolute Gasteiger partial charge is 0.457 e. The number of ether oxygens (including phenoxy) is 1. The van der Waals surface area contributed by atoms with Crippen molar-refractivity contribution >= 4 is 29.3 Å². The van der Waals surface area contributed by atoms with E-state index in [4.69, 9.17) is 16.3 Å². The standard InChI is InChI=1S/C21H16ClNO2/c22-17-9-6-16(7-10-17)8-15-21(24)23-18-11-13-20(14-12-18)25-19-4-2-1-3-5-19/h1-15H,(H,23,24). The summed E-state index contributed by atoms with van der Waals surface area (Å²) in [6.07, 6.45) is 3.22. The quantitative estimate of drug-likeness (QED) is 0.592. The van der Waals surface area contributed by atoms with Crippen LogP contribution < -0.4 is 10.1 Å². The molecule has 0 aliphatic carbocycles. The Bertz CT molecular complexity index is 857. The molecule has 0 heterocycles. The van der Waals surface area contributed by atoms with Gasteiger partial charge in [0.15, 0.2) is 0 Å². The zero-order valence-corrected chi connectivity index (χ0v) is 14.1. The second kappa shape index (κ2) is 8.18. The molecule has 3 aromatic carbocycles. The van der Waals surface area contributed by atoms with Crippen LogP contribution in [0.3, 0.4) is 0 Å². The molecule has 1 amide bonds. The van der Waals surface area contributed by atoms with Crippen LogP contribution in [0.15, 0.2) is 84.9 Å². The molecule has 0 atom stereocenters. The first-order valence-corrected chi connectivity index (χ1v) is 8.14. The zero-order chi connectivity index (χ0) is 17.5. The van der Waals surface area contributed by atoms with Crippen molar-refractivity contribution in [2.75, 3.05) is 5.32 Å². The molecule has 25 heavy (non-hydrogen) atoms. The van der Waals surface area contributed by atoms with Crippen LogP contribution in [0.5, 0.6) is 11.5 Å². The van der Waals surface area contributed by atoms with E-state index in [1.54, 1.807) is 30.3 Å². The van der Waals surface area contributed by atoms with Crippen LogP contribution in [-0.4, -0.2) is 5.91 Å². The van der Waals surface area contributed by atoms with Crippen molar-refractivity contribution in [3.63, 3.8) is 0 Å². The second-order valence-corrected chi connectivity index (χ2v) is 5.75. The fraction of sp³-hybridized carbons (Fsp3) is 0. The number of carbonyl (C=O) groups is 1. The molecule has 0 aromatic heterocycles. The number of nitrogens with one attached hydrogen (secondary N) is 1. The van der Waals surface area contributed by atoms with Gasteiger partial charge in [-0.3, -0.25) is 4.79 Å². The van der Waals surface area contributed by atoms with E-state index in [-0.39, 0.29) is 5.91 Å². The van der Waals surface area contributed by atoms with Gasteiger partial charge < -0.3 is 10.1 Å². The third-order valence-electron chi connectivity index (χ3n) is 3.40. The molecule has 0 bridgehead atoms. The Labute approximate surface area is 151 Å². The number of benzene rings is 3. The van der Waals surface area contributed by atoms with Crippen LogP contribution in [-0.2, 0) is 4.79 Å². The van der Waals surface area contributed by atoms with E-state index in [2.05, 4.69) is 5.32 Å². The molecule has 3 rings (SSSR count). The van der Waals surface area contributed by atoms with Crippen molar-refractivity contribution in [2.45, 2.75) is 0 Å². The predicted molar refractivity (Wildman–Crippen MR) is 102 cm³/mol. The van der Waals surface area contributed by atoms with Gasteiger partial charge in [-0.05, 0) is 60.2 Å². The minimum atomic E-state index is -0.202. The van der Waals surface area contributed by atoms with Gasteiger partial charge in [0.05, 0.1) is 0 Å². The lowest BCUT2D eigenvalue weighted by molar-refractivity contribution is -0.111. The Morgan fingerprint density at radius 1 is 0.840 bits per heavy atom. The average Bonchev–Trinajstić information content (AvgIpc) is 2.64. The summed E-state index contributed by atoms with van der Waals surface area (Å²) >= 11 is 5.83. The fourth-order valence-corrected chi connectivity index (χ4v) is 2.29. The van der Waals surface area contributed by atoms with E-state index in [9.17, 15) is 4.79 Å². The third kappa shape index (κ3) is 5.23. The predicted octanol–water partition coefficient (Wildman–Crippen LogP) is 5.78. The molecule has 0 aliphatic rings. The Kier molecular flexibility index (Phi) is 5.50. The van der Waals surface area contributed by atoms with Crippen LogP contribution in [0.1, 0.15) is 5.56 Å². The first-order valence-electron chi connectivity index (χ1n) is 7.77. The lowest BCUT2D eigenvalue weighted by atomic mass is 10.2. The van der Waals surface area contributed by atoms with Crippen molar-refractivity contribution in [1.29, 1.82) is 0 Å². The normalized spacial score (nSPS) is 10.6. The maximum Gasteiger partial charge on any atom is 0.248 e. The minimum Gasteiger partial charge on any atom is -0.457 e. The lowest BCUT2D eigenvalue weighted by Gasteiger charge is -2.07. The number of para-hydroxylation sites is 1. The van der Waals surface area contributed by atoms with Crippen molar-refractivity contribution in [1.82, 2.24) is 0 Å². The Morgan fingerprint density at radius 3 is 2.16 bits per heavy atom. The topological polar surface area (TPSA) is 38.3 Å². The van der Waals surface area contributed by atoms with Gasteiger partial charge >= 0.3 is 0 Å². The van der Waals surface area contributed by atoms with E-state index >= 15 is 0 Å². The Morgan fingerprint density at radius 2 is 1.48 bits per heavy atom. The monoisotopic (exact) mass is 349 g/mol. The molecular formula is C21H16ClNO2. The van der Waals surface area contributed by atoms with Crippen molar-refractivity contribution in [2.24, 2.45) is 0 Å². The molecule has 124 valence electrons. The Hall–Kier alpha value is -3.04. The van der Waals surface area contributed by atoms with Gasteiger partial charge in [-0.15, -0.1) is 0 Å². The van der Waals surface area contributed by atoms with Crippen LogP contribution in [0.2, 0.25) is 5.02 Å². The van der Waals surface area contributed by atoms with E-state index in [0.29, 0.717) is 16.5 Å². The smallest absolute Gasteiger partial charge is 0.248 e. The number of rotatable bonds is 5. The Balaban J connectivity index is 1.57. The number of halogens is 1. The molecule has 0 spiro atoms. The van der Waals surface area contributed by atoms with E-state index in [1.165, 1.54) is 6.08 Å². The number of hydrogen-bond donors (Lipinski definition) is 1. The van der Waals surface area contributed by atoms with Gasteiger partial charge in [0.1, 0.15) is 11.5 Å². The second-order valence-electron chi connectivity index (χ2n) is 5.31. The van der Waals surface area contributed by atoms with Gasteiger partial charge in [0.25, 0.3) is 0 Å². The molecule has 1 N–H and O–H groups in total. The first kappa shape index (κ1) is 16.8. The summed E-state index contributed by atoms with van der Waals surface area (Å²) in [4.78, 5) is 12.0. The summed E-state index contributed by atoms with van der Waals surface area (Å²) in [5.41, 5.74) is 1.61. The maximum absolute atomic E-state index is 12.0. The molecule has 4 heteroatoms. The molecule has 0 fully saturated rings.